The number of imidazole rings is 2. The highest BCUT2D eigenvalue weighted by atomic mass is 16.5. The Morgan fingerprint density at radius 1 is 0.891 bits per heavy atom. The number of carboxylic acid groups (broad SMARTS) is 1. The zero-order chi connectivity index (χ0) is 44.8. The lowest BCUT2D eigenvalue weighted by atomic mass is 9.92. The molecule has 0 spiro atoms. The summed E-state index contributed by atoms with van der Waals surface area (Å²) < 4.78 is 16.7. The summed E-state index contributed by atoms with van der Waals surface area (Å²) in [6, 6.07) is 20.8. The summed E-state index contributed by atoms with van der Waals surface area (Å²) >= 11 is 0. The average Bonchev–Trinajstić information content (AvgIpc) is 4.12. The van der Waals surface area contributed by atoms with Crippen LogP contribution in [0.3, 0.4) is 0 Å². The van der Waals surface area contributed by atoms with Crippen LogP contribution in [0.4, 0.5) is 9.59 Å². The highest BCUT2D eigenvalue weighted by Crippen LogP contribution is 2.44. The second kappa shape index (κ2) is 17.3. The molecule has 3 aliphatic heterocycles. The standard InChI is InChI=1S/C48H52N8O8/c1-25(2)40(54-48(61)63-5)45(57)55-21-26(3)15-37(55)44-50-35-14-12-29-18-34-32-13-11-30(17-31(32)24-64-39(34)19-33(29)42(35)52-44)36-20-49-43(51-36)38-16-27(23-62-4)22-56(38)46(58)41(53-47(59)60)28-9-7-6-8-10-28/h6-14,17-20,25-27,37-38,40-41,53H,15-16,21-24H2,1-5H3,(H,49,51)(H,50,52)(H,54,61)(H,59,60)/t26-,27-,37-,38-,40-,41+/m0/s1. The number of amides is 4. The molecular weight excluding hydrogens is 817 g/mol. The molecular formula is C48H52N8O8. The van der Waals surface area contributed by atoms with E-state index < -0.39 is 30.3 Å². The van der Waals surface area contributed by atoms with Crippen molar-refractivity contribution in [2.75, 3.05) is 33.9 Å². The van der Waals surface area contributed by atoms with E-state index in [1.54, 1.807) is 42.5 Å². The molecule has 6 aromatic rings. The number of likely N-dealkylation sites (tertiary alicyclic amines) is 2. The summed E-state index contributed by atoms with van der Waals surface area (Å²) in [4.78, 5) is 72.4. The number of alkyl carbamates (subject to hydrolysis) is 1. The first-order valence-corrected chi connectivity index (χ1v) is 21.7. The van der Waals surface area contributed by atoms with Gasteiger partial charge in [-0.2, -0.15) is 0 Å². The van der Waals surface area contributed by atoms with Gasteiger partial charge in [-0.15, -0.1) is 0 Å². The molecule has 6 atom stereocenters. The molecule has 3 aliphatic rings. The topological polar surface area (TPSA) is 204 Å². The van der Waals surface area contributed by atoms with Gasteiger partial charge in [0.05, 0.1) is 48.7 Å². The minimum atomic E-state index is -1.28. The Hall–Kier alpha value is -6.94. The third-order valence-corrected chi connectivity index (χ3v) is 12.8. The molecule has 64 heavy (non-hydrogen) atoms. The van der Waals surface area contributed by atoms with Crippen LogP contribution < -0.4 is 15.4 Å². The molecule has 0 saturated carbocycles. The zero-order valence-corrected chi connectivity index (χ0v) is 36.4. The molecule has 16 heteroatoms. The number of carbonyl (C=O) groups is 4. The fourth-order valence-corrected chi connectivity index (χ4v) is 9.72. The van der Waals surface area contributed by atoms with Crippen LogP contribution in [-0.4, -0.2) is 98.8 Å². The van der Waals surface area contributed by atoms with Gasteiger partial charge in [-0.05, 0) is 76.6 Å². The van der Waals surface area contributed by atoms with Gasteiger partial charge in [-0.3, -0.25) is 9.59 Å². The summed E-state index contributed by atoms with van der Waals surface area (Å²) in [7, 11) is 2.92. The van der Waals surface area contributed by atoms with Crippen LogP contribution in [0.2, 0.25) is 0 Å². The minimum absolute atomic E-state index is 0.0372. The van der Waals surface area contributed by atoms with Crippen LogP contribution in [-0.2, 0) is 25.7 Å². The molecule has 332 valence electrons. The van der Waals surface area contributed by atoms with Crippen molar-refractivity contribution in [2.24, 2.45) is 17.8 Å². The molecule has 16 nitrogen and oxygen atoms in total. The maximum Gasteiger partial charge on any atom is 0.407 e. The Morgan fingerprint density at radius 2 is 1.67 bits per heavy atom. The molecule has 2 saturated heterocycles. The lowest BCUT2D eigenvalue weighted by Gasteiger charge is -2.30. The van der Waals surface area contributed by atoms with Gasteiger partial charge in [0.2, 0.25) is 5.91 Å². The van der Waals surface area contributed by atoms with E-state index in [0.29, 0.717) is 49.9 Å². The number of carbonyl (C=O) groups excluding carboxylic acids is 3. The van der Waals surface area contributed by atoms with Crippen molar-refractivity contribution in [1.82, 2.24) is 40.4 Å². The predicted octanol–water partition coefficient (Wildman–Crippen LogP) is 7.50. The molecule has 0 radical (unpaired) electrons. The third kappa shape index (κ3) is 7.97. The maximum atomic E-state index is 14.1. The first-order chi connectivity index (χ1) is 30.9. The number of fused-ring (bicyclic) bond motifs is 6. The lowest BCUT2D eigenvalue weighted by Crippen LogP contribution is -2.51. The van der Waals surface area contributed by atoms with Crippen molar-refractivity contribution >= 4 is 45.8 Å². The van der Waals surface area contributed by atoms with Crippen molar-refractivity contribution in [3.8, 4) is 28.1 Å². The predicted molar refractivity (Wildman–Crippen MR) is 238 cm³/mol. The number of nitrogens with zero attached hydrogens (tertiary/aromatic N) is 4. The molecule has 9 rings (SSSR count). The SMILES string of the molecule is COC[C@H]1C[C@@H](c2ncc(-c3ccc4c(c3)COc3cc5c(ccc6nc([C@@H]7C[C@H](C)CN7C(=O)[C@@H](NC(=O)OC)C(C)C)[nH]c65)cc3-4)[nH]2)N(C(=O)[C@H](NC(=O)O)c2ccccc2)C1. The van der Waals surface area contributed by atoms with E-state index in [1.165, 1.54) is 7.11 Å². The van der Waals surface area contributed by atoms with E-state index in [1.807, 2.05) is 36.9 Å². The van der Waals surface area contributed by atoms with Gasteiger partial charge in [0, 0.05) is 37.1 Å². The summed E-state index contributed by atoms with van der Waals surface area (Å²) in [5.41, 5.74) is 6.93. The highest BCUT2D eigenvalue weighted by Gasteiger charge is 2.42. The Kier molecular flexibility index (Phi) is 11.5. The molecule has 0 bridgehead atoms. The van der Waals surface area contributed by atoms with Gasteiger partial charge in [0.1, 0.15) is 36.1 Å². The number of ether oxygens (including phenoxy) is 3. The number of H-pyrrole nitrogens is 2. The van der Waals surface area contributed by atoms with Gasteiger partial charge in [-0.25, -0.2) is 19.6 Å². The summed E-state index contributed by atoms with van der Waals surface area (Å²) in [5, 5.41) is 16.8. The van der Waals surface area contributed by atoms with Crippen molar-refractivity contribution in [3.05, 3.63) is 102 Å². The van der Waals surface area contributed by atoms with Gasteiger partial charge in [0.25, 0.3) is 5.91 Å². The quantitative estimate of drug-likeness (QED) is 0.0868. The van der Waals surface area contributed by atoms with Crippen molar-refractivity contribution < 1.29 is 38.5 Å². The van der Waals surface area contributed by atoms with Crippen LogP contribution in [0.5, 0.6) is 5.75 Å². The molecule has 4 amide bonds. The van der Waals surface area contributed by atoms with Gasteiger partial charge < -0.3 is 49.7 Å². The van der Waals surface area contributed by atoms with Crippen LogP contribution in [0.25, 0.3) is 44.2 Å². The van der Waals surface area contributed by atoms with Crippen molar-refractivity contribution in [3.63, 3.8) is 0 Å². The second-order valence-electron chi connectivity index (χ2n) is 17.6. The number of hydrogen-bond donors (Lipinski definition) is 5. The Balaban J connectivity index is 0.975. The first-order valence-electron chi connectivity index (χ1n) is 21.7. The monoisotopic (exact) mass is 868 g/mol. The molecule has 4 aromatic carbocycles. The minimum Gasteiger partial charge on any atom is -0.488 e. The highest BCUT2D eigenvalue weighted by molar-refractivity contribution is 6.07. The van der Waals surface area contributed by atoms with E-state index in [2.05, 4.69) is 57.9 Å². The third-order valence-electron chi connectivity index (χ3n) is 12.8. The number of benzene rings is 4. The van der Waals surface area contributed by atoms with Crippen LogP contribution >= 0.6 is 0 Å². The molecule has 5 heterocycles. The summed E-state index contributed by atoms with van der Waals surface area (Å²) in [6.07, 6.45) is 1.18. The summed E-state index contributed by atoms with van der Waals surface area (Å²) in [5.74, 6) is 1.69. The normalized spacial score (nSPS) is 20.2. The molecule has 0 unspecified atom stereocenters. The van der Waals surface area contributed by atoms with Gasteiger partial charge >= 0.3 is 12.2 Å². The van der Waals surface area contributed by atoms with Crippen molar-refractivity contribution in [2.45, 2.75) is 64.4 Å². The van der Waals surface area contributed by atoms with E-state index >= 15 is 0 Å². The number of aromatic amines is 2. The molecule has 5 N–H and O–H groups in total. The first kappa shape index (κ1) is 42.4. The van der Waals surface area contributed by atoms with Crippen molar-refractivity contribution in [1.29, 1.82) is 0 Å². The van der Waals surface area contributed by atoms with E-state index in [9.17, 15) is 24.3 Å². The van der Waals surface area contributed by atoms with E-state index in [0.717, 1.165) is 61.9 Å². The summed E-state index contributed by atoms with van der Waals surface area (Å²) in [6.45, 7) is 7.66. The maximum absolute atomic E-state index is 14.1. The van der Waals surface area contributed by atoms with Crippen LogP contribution in [0, 0.1) is 17.8 Å². The van der Waals surface area contributed by atoms with E-state index in [-0.39, 0.29) is 35.6 Å². The van der Waals surface area contributed by atoms with Gasteiger partial charge in [-0.1, -0.05) is 69.3 Å². The lowest BCUT2D eigenvalue weighted by molar-refractivity contribution is -0.136. The largest absolute Gasteiger partial charge is 0.488 e. The Bertz CT molecular complexity index is 2750. The molecule has 2 aromatic heterocycles. The zero-order valence-electron chi connectivity index (χ0n) is 36.4. The Morgan fingerprint density at radius 3 is 2.42 bits per heavy atom. The number of nitrogens with one attached hydrogen (secondary N) is 4. The fourth-order valence-electron chi connectivity index (χ4n) is 9.72. The van der Waals surface area contributed by atoms with E-state index in [4.69, 9.17) is 24.2 Å². The smallest absolute Gasteiger partial charge is 0.407 e. The fraction of sp³-hybridized carbons (Fsp3) is 0.375. The number of hydrogen-bond acceptors (Lipinski definition) is 9. The number of methoxy groups -OCH3 is 2. The number of aromatic nitrogens is 4. The van der Waals surface area contributed by atoms with Crippen LogP contribution in [0.1, 0.15) is 74.5 Å². The average molecular weight is 869 g/mol. The van der Waals surface area contributed by atoms with Gasteiger partial charge in [0.15, 0.2) is 0 Å². The number of rotatable bonds is 11. The molecule has 0 aliphatic carbocycles. The van der Waals surface area contributed by atoms with Crippen LogP contribution in [0.15, 0.2) is 79.0 Å². The molecule has 2 fully saturated rings. The second-order valence-corrected chi connectivity index (χ2v) is 17.6. The Labute approximate surface area is 369 Å².